The van der Waals surface area contributed by atoms with Gasteiger partial charge in [-0.3, -0.25) is 0 Å². The smallest absolute Gasteiger partial charge is 0.124 e. The summed E-state index contributed by atoms with van der Waals surface area (Å²) in [7, 11) is 0. The molecule has 14 heavy (non-hydrogen) atoms. The van der Waals surface area contributed by atoms with E-state index in [1.54, 1.807) is 0 Å². The minimum atomic E-state index is -2.00. The number of alkyl halides is 1. The first-order chi connectivity index (χ1) is 6.36. The van der Waals surface area contributed by atoms with Crippen LogP contribution in [0.4, 0.5) is 0 Å². The molecule has 0 spiro atoms. The molecule has 1 saturated carbocycles. The van der Waals surface area contributed by atoms with Gasteiger partial charge in [0.1, 0.15) is 30.0 Å². The average Bonchev–Trinajstić information content (AvgIpc) is 2.21. The van der Waals surface area contributed by atoms with Crippen molar-refractivity contribution in [3.8, 4) is 0 Å². The van der Waals surface area contributed by atoms with Crippen molar-refractivity contribution >= 4 is 11.6 Å². The number of halogens is 1. The Morgan fingerprint density at radius 1 is 1.07 bits per heavy atom. The Bertz CT molecular complexity index is 200. The van der Waals surface area contributed by atoms with Gasteiger partial charge in [0.25, 0.3) is 0 Å². The molecular weight excluding hydrogens is 214 g/mol. The quantitative estimate of drug-likeness (QED) is 0.261. The third kappa shape index (κ3) is 1.53. The Hall–Kier alpha value is 0.0500. The Morgan fingerprint density at radius 3 is 2.00 bits per heavy atom. The highest BCUT2D eigenvalue weighted by Crippen LogP contribution is 2.33. The van der Waals surface area contributed by atoms with Gasteiger partial charge in [-0.2, -0.15) is 0 Å². The van der Waals surface area contributed by atoms with E-state index in [1.807, 2.05) is 0 Å². The molecule has 7 N–H and O–H groups in total. The predicted octanol–water partition coefficient (Wildman–Crippen LogP) is -3.26. The zero-order valence-corrected chi connectivity index (χ0v) is 8.04. The van der Waals surface area contributed by atoms with E-state index < -0.39 is 41.9 Å². The molecule has 6 nitrogen and oxygen atoms in total. The van der Waals surface area contributed by atoms with Crippen molar-refractivity contribution in [1.29, 1.82) is 0 Å². The summed E-state index contributed by atoms with van der Waals surface area (Å²) in [5, 5.41) is 45.6. The number of hydrogen-bond donors (Lipinski definition) is 6. The van der Waals surface area contributed by atoms with Crippen molar-refractivity contribution < 1.29 is 25.5 Å². The molecule has 0 aliphatic heterocycles. The minimum Gasteiger partial charge on any atom is -0.389 e. The molecule has 84 valence electrons. The summed E-state index contributed by atoms with van der Waals surface area (Å²) in [6, 6.07) is 0. The van der Waals surface area contributed by atoms with Crippen molar-refractivity contribution in [1.82, 2.24) is 0 Å². The number of aliphatic hydroxyl groups excluding tert-OH is 4. The van der Waals surface area contributed by atoms with Crippen LogP contribution >= 0.6 is 11.6 Å². The number of aliphatic hydroxyl groups is 5. The maximum atomic E-state index is 9.74. The molecule has 0 amide bonds. The van der Waals surface area contributed by atoms with E-state index in [0.29, 0.717) is 0 Å². The van der Waals surface area contributed by atoms with Gasteiger partial charge in [-0.05, 0) is 0 Å². The molecule has 0 aromatic rings. The summed E-state index contributed by atoms with van der Waals surface area (Å²) in [4.78, 5) is 0. The molecule has 1 rings (SSSR count). The third-order valence-electron chi connectivity index (χ3n) is 2.64. The van der Waals surface area contributed by atoms with Gasteiger partial charge in [-0.1, -0.05) is 0 Å². The average molecular weight is 228 g/mol. The molecular formula is C7H14ClNO5. The molecule has 0 radical (unpaired) electrons. The topological polar surface area (TPSA) is 127 Å². The number of hydrogen-bond acceptors (Lipinski definition) is 6. The van der Waals surface area contributed by atoms with Crippen LogP contribution < -0.4 is 5.73 Å². The van der Waals surface area contributed by atoms with Crippen LogP contribution in [-0.2, 0) is 0 Å². The molecule has 6 atom stereocenters. The van der Waals surface area contributed by atoms with E-state index in [4.69, 9.17) is 17.3 Å². The lowest BCUT2D eigenvalue weighted by Crippen LogP contribution is -2.71. The van der Waals surface area contributed by atoms with Crippen molar-refractivity contribution in [3.63, 3.8) is 0 Å². The van der Waals surface area contributed by atoms with Crippen LogP contribution in [0.25, 0.3) is 0 Å². The molecule has 0 aromatic carbocycles. The Kier molecular flexibility index (Phi) is 3.37. The lowest BCUT2D eigenvalue weighted by Gasteiger charge is -2.46. The molecule has 1 fully saturated rings. The van der Waals surface area contributed by atoms with Gasteiger partial charge in [-0.15, -0.1) is 11.6 Å². The highest BCUT2D eigenvalue weighted by molar-refractivity contribution is 6.22. The Morgan fingerprint density at radius 2 is 1.57 bits per heavy atom. The van der Waals surface area contributed by atoms with Crippen LogP contribution in [0.2, 0.25) is 0 Å². The first kappa shape index (κ1) is 12.1. The molecule has 0 heterocycles. The molecule has 0 saturated heterocycles. The lowest BCUT2D eigenvalue weighted by atomic mass is 9.77. The van der Waals surface area contributed by atoms with E-state index in [1.165, 1.54) is 0 Å². The van der Waals surface area contributed by atoms with Gasteiger partial charge >= 0.3 is 0 Å². The van der Waals surface area contributed by atoms with Crippen molar-refractivity contribution in [2.45, 2.75) is 35.4 Å². The SMILES string of the molecule is NC[C@@]1(O)[C@H](Cl)[C@H](O)[C@H](O)[C@@H](O)[C@@H]1O. The van der Waals surface area contributed by atoms with Crippen molar-refractivity contribution in [3.05, 3.63) is 0 Å². The zero-order chi connectivity index (χ0) is 11.1. The second kappa shape index (κ2) is 3.90. The Labute approximate surface area is 85.5 Å². The second-order valence-corrected chi connectivity index (χ2v) is 3.98. The lowest BCUT2D eigenvalue weighted by molar-refractivity contribution is -0.211. The van der Waals surface area contributed by atoms with Crippen molar-refractivity contribution in [2.24, 2.45) is 5.73 Å². The summed E-state index contributed by atoms with van der Waals surface area (Å²) in [6.07, 6.45) is -6.50. The number of nitrogens with two attached hydrogens (primary N) is 1. The first-order valence-electron chi connectivity index (χ1n) is 4.15. The van der Waals surface area contributed by atoms with E-state index in [-0.39, 0.29) is 0 Å². The predicted molar refractivity (Wildman–Crippen MR) is 47.7 cm³/mol. The van der Waals surface area contributed by atoms with Gasteiger partial charge < -0.3 is 31.3 Å². The minimum absolute atomic E-state index is 0.427. The summed E-state index contributed by atoms with van der Waals surface area (Å²) in [5.74, 6) is 0. The van der Waals surface area contributed by atoms with Crippen molar-refractivity contribution in [2.75, 3.05) is 6.54 Å². The van der Waals surface area contributed by atoms with Crippen LogP contribution in [0.5, 0.6) is 0 Å². The van der Waals surface area contributed by atoms with E-state index in [0.717, 1.165) is 0 Å². The van der Waals surface area contributed by atoms with Crippen LogP contribution in [-0.4, -0.2) is 67.5 Å². The fourth-order valence-corrected chi connectivity index (χ4v) is 1.92. The van der Waals surface area contributed by atoms with Gasteiger partial charge in [-0.25, -0.2) is 0 Å². The van der Waals surface area contributed by atoms with E-state index in [2.05, 4.69) is 0 Å². The first-order valence-corrected chi connectivity index (χ1v) is 4.58. The molecule has 7 heteroatoms. The summed E-state index contributed by atoms with van der Waals surface area (Å²) in [5.41, 5.74) is 3.19. The highest BCUT2D eigenvalue weighted by atomic mass is 35.5. The fraction of sp³-hybridized carbons (Fsp3) is 1.00. The Balaban J connectivity index is 2.98. The standard InChI is InChI=1S/C7H14ClNO5/c8-5-3(11)2(10)4(12)6(13)7(5,14)1-9/h2-6,10-14H,1,9H2/t2-,3+,4+,5+,6-,7+/m0/s1. The number of rotatable bonds is 1. The zero-order valence-electron chi connectivity index (χ0n) is 7.29. The van der Waals surface area contributed by atoms with E-state index in [9.17, 15) is 25.5 Å². The van der Waals surface area contributed by atoms with Crippen LogP contribution in [0.3, 0.4) is 0 Å². The third-order valence-corrected chi connectivity index (χ3v) is 3.28. The molecule has 1 aliphatic rings. The van der Waals surface area contributed by atoms with E-state index >= 15 is 0 Å². The fourth-order valence-electron chi connectivity index (χ4n) is 1.55. The molecule has 0 aromatic heterocycles. The van der Waals surface area contributed by atoms with Crippen LogP contribution in [0, 0.1) is 0 Å². The van der Waals surface area contributed by atoms with Crippen LogP contribution in [0.15, 0.2) is 0 Å². The largest absolute Gasteiger partial charge is 0.389 e. The second-order valence-electron chi connectivity index (χ2n) is 3.51. The maximum absolute atomic E-state index is 9.74. The van der Waals surface area contributed by atoms with Gasteiger partial charge in [0, 0.05) is 6.54 Å². The summed E-state index contributed by atoms with van der Waals surface area (Å²) in [6.45, 7) is -0.427. The monoisotopic (exact) mass is 227 g/mol. The maximum Gasteiger partial charge on any atom is 0.124 e. The normalized spacial score (nSPS) is 54.6. The molecule has 0 unspecified atom stereocenters. The highest BCUT2D eigenvalue weighted by Gasteiger charge is 2.56. The summed E-state index contributed by atoms with van der Waals surface area (Å²) >= 11 is 5.62. The van der Waals surface area contributed by atoms with Gasteiger partial charge in [0.05, 0.1) is 5.38 Å². The summed E-state index contributed by atoms with van der Waals surface area (Å²) < 4.78 is 0. The molecule has 1 aliphatic carbocycles. The van der Waals surface area contributed by atoms with Crippen LogP contribution in [0.1, 0.15) is 0 Å². The molecule has 0 bridgehead atoms. The van der Waals surface area contributed by atoms with Gasteiger partial charge in [0.15, 0.2) is 0 Å². The van der Waals surface area contributed by atoms with Gasteiger partial charge in [0.2, 0.25) is 0 Å².